The highest BCUT2D eigenvalue weighted by Crippen LogP contribution is 1.97. The van der Waals surface area contributed by atoms with Gasteiger partial charge in [-0.2, -0.15) is 11.8 Å². The molecule has 0 aromatic carbocycles. The lowest BCUT2D eigenvalue weighted by Crippen LogP contribution is -2.32. The van der Waals surface area contributed by atoms with Crippen LogP contribution in [-0.2, 0) is 0 Å². The third kappa shape index (κ3) is 4.43. The number of thioether (sulfide) groups is 1. The molecule has 0 bridgehead atoms. The largest absolute Gasteiger partial charge is 0.271 e. The number of nitrogens with two attached hydrogens (primary N) is 1. The van der Waals surface area contributed by atoms with E-state index in [4.69, 9.17) is 5.84 Å². The third-order valence-electron chi connectivity index (χ3n) is 1.04. The molecule has 0 aliphatic rings. The van der Waals surface area contributed by atoms with Crippen LogP contribution in [0.3, 0.4) is 0 Å². The molecule has 0 aliphatic carbocycles. The average molecular weight is 134 g/mol. The molecule has 0 saturated heterocycles. The molecule has 1 unspecified atom stereocenters. The highest BCUT2D eigenvalue weighted by molar-refractivity contribution is 7.98. The molecule has 1 atom stereocenters. The van der Waals surface area contributed by atoms with E-state index in [1.807, 2.05) is 11.8 Å². The van der Waals surface area contributed by atoms with Crippen molar-refractivity contribution in [2.75, 3.05) is 12.0 Å². The number of hydrogen-bond donors (Lipinski definition) is 2. The van der Waals surface area contributed by atoms with Crippen LogP contribution in [0, 0.1) is 0 Å². The Bertz CT molecular complexity index is 49.7. The Morgan fingerprint density at radius 2 is 2.38 bits per heavy atom. The van der Waals surface area contributed by atoms with E-state index in [9.17, 15) is 0 Å². The number of rotatable bonds is 4. The van der Waals surface area contributed by atoms with Crippen LogP contribution in [0.25, 0.3) is 0 Å². The fourth-order valence-corrected chi connectivity index (χ4v) is 0.967. The molecular formula is C5H14N2S. The summed E-state index contributed by atoms with van der Waals surface area (Å²) in [5, 5.41) is 0. The van der Waals surface area contributed by atoms with E-state index < -0.39 is 0 Å². The van der Waals surface area contributed by atoms with Crippen molar-refractivity contribution in [3.63, 3.8) is 0 Å². The van der Waals surface area contributed by atoms with E-state index in [1.165, 1.54) is 5.75 Å². The second-order valence-corrected chi connectivity index (χ2v) is 2.83. The molecule has 0 spiro atoms. The molecule has 0 fully saturated rings. The van der Waals surface area contributed by atoms with Crippen LogP contribution >= 0.6 is 11.8 Å². The summed E-state index contributed by atoms with van der Waals surface area (Å²) in [6.45, 7) is 2.08. The first-order chi connectivity index (χ1) is 3.81. The number of hydrazine groups is 1. The third-order valence-corrected chi connectivity index (χ3v) is 1.68. The summed E-state index contributed by atoms with van der Waals surface area (Å²) in [6, 6.07) is 0.461. The van der Waals surface area contributed by atoms with Gasteiger partial charge in [0.2, 0.25) is 0 Å². The van der Waals surface area contributed by atoms with Crippen LogP contribution in [0.15, 0.2) is 0 Å². The van der Waals surface area contributed by atoms with Gasteiger partial charge in [-0.1, -0.05) is 0 Å². The van der Waals surface area contributed by atoms with Gasteiger partial charge in [0.25, 0.3) is 0 Å². The quantitative estimate of drug-likeness (QED) is 0.436. The van der Waals surface area contributed by atoms with Gasteiger partial charge in [0.15, 0.2) is 0 Å². The van der Waals surface area contributed by atoms with Gasteiger partial charge in [-0.25, -0.2) is 0 Å². The Morgan fingerprint density at radius 3 is 2.75 bits per heavy atom. The molecule has 0 radical (unpaired) electrons. The van der Waals surface area contributed by atoms with E-state index >= 15 is 0 Å². The zero-order chi connectivity index (χ0) is 6.41. The minimum Gasteiger partial charge on any atom is -0.271 e. The normalized spacial score (nSPS) is 13.9. The monoisotopic (exact) mass is 134 g/mol. The van der Waals surface area contributed by atoms with Gasteiger partial charge in [0.1, 0.15) is 0 Å². The summed E-state index contributed by atoms with van der Waals surface area (Å²) >= 11 is 1.85. The minimum atomic E-state index is 0.461. The van der Waals surface area contributed by atoms with E-state index in [1.54, 1.807) is 0 Å². The maximum absolute atomic E-state index is 5.15. The smallest absolute Gasteiger partial charge is 0.0190 e. The zero-order valence-electron chi connectivity index (χ0n) is 5.48. The minimum absolute atomic E-state index is 0.461. The molecule has 0 aliphatic heterocycles. The van der Waals surface area contributed by atoms with Crippen molar-refractivity contribution in [3.05, 3.63) is 0 Å². The molecule has 0 saturated carbocycles. The van der Waals surface area contributed by atoms with Gasteiger partial charge in [-0.15, -0.1) is 0 Å². The zero-order valence-corrected chi connectivity index (χ0v) is 6.29. The van der Waals surface area contributed by atoms with Gasteiger partial charge in [-0.3, -0.25) is 11.3 Å². The van der Waals surface area contributed by atoms with Crippen LogP contribution in [0.4, 0.5) is 0 Å². The van der Waals surface area contributed by atoms with Crippen LogP contribution in [0.2, 0.25) is 0 Å². The van der Waals surface area contributed by atoms with Gasteiger partial charge in [0, 0.05) is 6.04 Å². The standard InChI is InChI=1S/C5H14N2S/c1-5(7-6)3-4-8-2/h5,7H,3-4,6H2,1-2H3. The van der Waals surface area contributed by atoms with Crippen molar-refractivity contribution in [1.29, 1.82) is 0 Å². The Balaban J connectivity index is 2.86. The summed E-state index contributed by atoms with van der Waals surface area (Å²) < 4.78 is 0. The fraction of sp³-hybridized carbons (Fsp3) is 1.00. The van der Waals surface area contributed by atoms with Gasteiger partial charge in [0.05, 0.1) is 0 Å². The Morgan fingerprint density at radius 1 is 1.75 bits per heavy atom. The van der Waals surface area contributed by atoms with Gasteiger partial charge < -0.3 is 0 Å². The number of nitrogens with one attached hydrogen (secondary N) is 1. The van der Waals surface area contributed by atoms with Crippen LogP contribution in [-0.4, -0.2) is 18.1 Å². The molecule has 0 rings (SSSR count). The topological polar surface area (TPSA) is 38.0 Å². The van der Waals surface area contributed by atoms with Crippen LogP contribution in [0.1, 0.15) is 13.3 Å². The first-order valence-corrected chi connectivity index (χ1v) is 4.15. The average Bonchev–Trinajstić information content (AvgIpc) is 1.83. The molecule has 3 N–H and O–H groups in total. The van der Waals surface area contributed by atoms with Crippen LogP contribution < -0.4 is 11.3 Å². The Hall–Kier alpha value is 0.270. The lowest BCUT2D eigenvalue weighted by molar-refractivity contribution is 0.559. The predicted octanol–water partition coefficient (Wildman–Crippen LogP) is 0.591. The molecule has 0 aromatic rings. The van der Waals surface area contributed by atoms with E-state index in [0.29, 0.717) is 6.04 Å². The fourth-order valence-electron chi connectivity index (χ4n) is 0.378. The first kappa shape index (κ1) is 8.27. The summed E-state index contributed by atoms with van der Waals surface area (Å²) in [7, 11) is 0. The second-order valence-electron chi connectivity index (χ2n) is 1.85. The van der Waals surface area contributed by atoms with Crippen molar-refractivity contribution in [2.45, 2.75) is 19.4 Å². The van der Waals surface area contributed by atoms with E-state index in [0.717, 1.165) is 6.42 Å². The molecule has 50 valence electrons. The maximum Gasteiger partial charge on any atom is 0.0190 e. The highest BCUT2D eigenvalue weighted by Gasteiger charge is 1.94. The molecule has 0 heterocycles. The summed E-state index contributed by atoms with van der Waals surface area (Å²) in [5.41, 5.74) is 2.69. The summed E-state index contributed by atoms with van der Waals surface area (Å²) in [5.74, 6) is 6.34. The van der Waals surface area contributed by atoms with Crippen molar-refractivity contribution >= 4 is 11.8 Å². The Kier molecular flexibility index (Phi) is 5.59. The van der Waals surface area contributed by atoms with E-state index in [-0.39, 0.29) is 0 Å². The molecule has 0 amide bonds. The highest BCUT2D eigenvalue weighted by atomic mass is 32.2. The van der Waals surface area contributed by atoms with Crippen molar-refractivity contribution in [1.82, 2.24) is 5.43 Å². The van der Waals surface area contributed by atoms with Gasteiger partial charge in [-0.05, 0) is 25.4 Å². The Labute approximate surface area is 55.2 Å². The summed E-state index contributed by atoms with van der Waals surface area (Å²) in [6.07, 6.45) is 3.25. The summed E-state index contributed by atoms with van der Waals surface area (Å²) in [4.78, 5) is 0. The maximum atomic E-state index is 5.15. The molecule has 8 heavy (non-hydrogen) atoms. The molecular weight excluding hydrogens is 120 g/mol. The number of hydrogen-bond acceptors (Lipinski definition) is 3. The molecule has 2 nitrogen and oxygen atoms in total. The lowest BCUT2D eigenvalue weighted by Gasteiger charge is -2.06. The van der Waals surface area contributed by atoms with Crippen LogP contribution in [0.5, 0.6) is 0 Å². The van der Waals surface area contributed by atoms with Crippen molar-refractivity contribution in [3.8, 4) is 0 Å². The van der Waals surface area contributed by atoms with Crippen molar-refractivity contribution < 1.29 is 0 Å². The second kappa shape index (κ2) is 5.41. The SMILES string of the molecule is CSCCC(C)NN. The van der Waals surface area contributed by atoms with Gasteiger partial charge >= 0.3 is 0 Å². The first-order valence-electron chi connectivity index (χ1n) is 2.76. The van der Waals surface area contributed by atoms with Crippen molar-refractivity contribution in [2.24, 2.45) is 5.84 Å². The predicted molar refractivity (Wildman–Crippen MR) is 39.8 cm³/mol. The lowest BCUT2D eigenvalue weighted by atomic mass is 10.3. The molecule has 0 aromatic heterocycles. The molecule has 3 heteroatoms. The van der Waals surface area contributed by atoms with E-state index in [2.05, 4.69) is 18.6 Å².